The van der Waals surface area contributed by atoms with E-state index in [1.807, 2.05) is 0 Å². The van der Waals surface area contributed by atoms with Crippen molar-refractivity contribution in [2.45, 2.75) is 24.2 Å². The van der Waals surface area contributed by atoms with E-state index in [9.17, 15) is 10.2 Å². The summed E-state index contributed by atoms with van der Waals surface area (Å²) in [6.07, 6.45) is 0.199. The van der Waals surface area contributed by atoms with Crippen LogP contribution in [0.1, 0.15) is 6.42 Å². The lowest BCUT2D eigenvalue weighted by Crippen LogP contribution is -2.48. The standard InChI is InChI=1S/C9H17NO4/c11-8-4-14-3-7(8)10-5-9(12)1-2-13-6-9/h7-8,10-12H,1-6H2. The minimum atomic E-state index is -0.762. The van der Waals surface area contributed by atoms with Gasteiger partial charge in [-0.2, -0.15) is 0 Å². The van der Waals surface area contributed by atoms with Crippen molar-refractivity contribution in [1.82, 2.24) is 5.32 Å². The smallest absolute Gasteiger partial charge is 0.103 e. The molecule has 0 aromatic rings. The molecule has 0 aliphatic carbocycles. The predicted molar refractivity (Wildman–Crippen MR) is 49.0 cm³/mol. The molecule has 0 aromatic heterocycles. The summed E-state index contributed by atoms with van der Waals surface area (Å²) in [5.41, 5.74) is -0.762. The van der Waals surface area contributed by atoms with Crippen LogP contribution >= 0.6 is 0 Å². The molecule has 2 rings (SSSR count). The Morgan fingerprint density at radius 2 is 2.21 bits per heavy atom. The Bertz CT molecular complexity index is 193. The molecule has 5 nitrogen and oxygen atoms in total. The van der Waals surface area contributed by atoms with Gasteiger partial charge in [-0.3, -0.25) is 0 Å². The fraction of sp³-hybridized carbons (Fsp3) is 1.00. The summed E-state index contributed by atoms with van der Waals surface area (Å²) >= 11 is 0. The molecule has 0 aromatic carbocycles. The Balaban J connectivity index is 1.75. The van der Waals surface area contributed by atoms with E-state index < -0.39 is 11.7 Å². The second-order valence-corrected chi connectivity index (χ2v) is 4.12. The van der Waals surface area contributed by atoms with Gasteiger partial charge in [-0.15, -0.1) is 0 Å². The number of hydrogen-bond donors (Lipinski definition) is 3. The zero-order chi connectivity index (χ0) is 10.0. The van der Waals surface area contributed by atoms with Crippen molar-refractivity contribution < 1.29 is 19.7 Å². The van der Waals surface area contributed by atoms with Gasteiger partial charge in [-0.25, -0.2) is 0 Å². The number of nitrogens with one attached hydrogen (secondary N) is 1. The molecule has 0 spiro atoms. The number of aliphatic hydroxyl groups excluding tert-OH is 1. The molecule has 2 fully saturated rings. The van der Waals surface area contributed by atoms with Gasteiger partial charge in [0, 0.05) is 19.6 Å². The van der Waals surface area contributed by atoms with Gasteiger partial charge >= 0.3 is 0 Å². The van der Waals surface area contributed by atoms with Crippen LogP contribution in [0.25, 0.3) is 0 Å². The molecule has 3 unspecified atom stereocenters. The maximum Gasteiger partial charge on any atom is 0.103 e. The van der Waals surface area contributed by atoms with Crippen LogP contribution in [0.5, 0.6) is 0 Å². The summed E-state index contributed by atoms with van der Waals surface area (Å²) in [4.78, 5) is 0. The van der Waals surface area contributed by atoms with Crippen LogP contribution in [0.4, 0.5) is 0 Å². The minimum absolute atomic E-state index is 0.0559. The molecular weight excluding hydrogens is 186 g/mol. The van der Waals surface area contributed by atoms with Crippen LogP contribution in [0.3, 0.4) is 0 Å². The van der Waals surface area contributed by atoms with E-state index in [4.69, 9.17) is 9.47 Å². The first-order valence-electron chi connectivity index (χ1n) is 4.99. The van der Waals surface area contributed by atoms with Crippen molar-refractivity contribution in [3.63, 3.8) is 0 Å². The Labute approximate surface area is 83.0 Å². The third-order valence-electron chi connectivity index (χ3n) is 2.83. The lowest BCUT2D eigenvalue weighted by atomic mass is 10.0. The summed E-state index contributed by atoms with van der Waals surface area (Å²) in [7, 11) is 0. The molecule has 0 amide bonds. The molecule has 2 heterocycles. The van der Waals surface area contributed by atoms with Crippen molar-refractivity contribution in [2.24, 2.45) is 0 Å². The van der Waals surface area contributed by atoms with Crippen molar-refractivity contribution in [3.05, 3.63) is 0 Å². The maximum atomic E-state index is 9.93. The Morgan fingerprint density at radius 1 is 1.36 bits per heavy atom. The highest BCUT2D eigenvalue weighted by molar-refractivity contribution is 4.89. The Hall–Kier alpha value is -0.200. The number of aliphatic hydroxyl groups is 2. The lowest BCUT2D eigenvalue weighted by molar-refractivity contribution is 0.0214. The molecule has 2 aliphatic rings. The van der Waals surface area contributed by atoms with Gasteiger partial charge in [0.15, 0.2) is 0 Å². The third-order valence-corrected chi connectivity index (χ3v) is 2.83. The number of ether oxygens (including phenoxy) is 2. The molecule has 5 heteroatoms. The zero-order valence-corrected chi connectivity index (χ0v) is 8.11. The van der Waals surface area contributed by atoms with Gasteiger partial charge in [0.1, 0.15) is 5.60 Å². The maximum absolute atomic E-state index is 9.93. The molecular formula is C9H17NO4. The van der Waals surface area contributed by atoms with Crippen LogP contribution in [0.15, 0.2) is 0 Å². The van der Waals surface area contributed by atoms with Crippen LogP contribution in [0, 0.1) is 0 Å². The van der Waals surface area contributed by atoms with Gasteiger partial charge in [0.05, 0.1) is 32.0 Å². The molecule has 2 aliphatic heterocycles. The summed E-state index contributed by atoms with van der Waals surface area (Å²) in [6, 6.07) is -0.0559. The SMILES string of the molecule is OC1COCC1NCC1(O)CCOC1. The van der Waals surface area contributed by atoms with E-state index >= 15 is 0 Å². The molecule has 3 atom stereocenters. The molecule has 3 N–H and O–H groups in total. The third kappa shape index (κ3) is 2.24. The summed E-state index contributed by atoms with van der Waals surface area (Å²) in [6.45, 7) is 2.34. The monoisotopic (exact) mass is 203 g/mol. The van der Waals surface area contributed by atoms with E-state index in [-0.39, 0.29) is 6.04 Å². The second-order valence-electron chi connectivity index (χ2n) is 4.12. The van der Waals surface area contributed by atoms with Crippen LogP contribution in [0.2, 0.25) is 0 Å². The van der Waals surface area contributed by atoms with E-state index in [0.717, 1.165) is 0 Å². The molecule has 0 bridgehead atoms. The zero-order valence-electron chi connectivity index (χ0n) is 8.11. The summed E-state index contributed by atoms with van der Waals surface area (Å²) in [5, 5.41) is 22.5. The summed E-state index contributed by atoms with van der Waals surface area (Å²) < 4.78 is 10.2. The predicted octanol–water partition coefficient (Wildman–Crippen LogP) is -1.51. The molecule has 0 saturated carbocycles. The van der Waals surface area contributed by atoms with E-state index in [2.05, 4.69) is 5.32 Å². The van der Waals surface area contributed by atoms with Gasteiger partial charge in [-0.1, -0.05) is 0 Å². The normalized spacial score (nSPS) is 43.3. The van der Waals surface area contributed by atoms with Crippen LogP contribution in [-0.4, -0.2) is 60.9 Å². The van der Waals surface area contributed by atoms with Crippen molar-refractivity contribution in [3.8, 4) is 0 Å². The van der Waals surface area contributed by atoms with Crippen molar-refractivity contribution in [2.75, 3.05) is 33.0 Å². The first-order chi connectivity index (χ1) is 6.70. The van der Waals surface area contributed by atoms with Gasteiger partial charge in [0.2, 0.25) is 0 Å². The fourth-order valence-corrected chi connectivity index (χ4v) is 1.79. The van der Waals surface area contributed by atoms with E-state index in [1.165, 1.54) is 0 Å². The first kappa shape index (κ1) is 10.3. The highest BCUT2D eigenvalue weighted by Gasteiger charge is 2.34. The van der Waals surface area contributed by atoms with Crippen LogP contribution in [-0.2, 0) is 9.47 Å². The minimum Gasteiger partial charge on any atom is -0.389 e. The topological polar surface area (TPSA) is 71.0 Å². The quantitative estimate of drug-likeness (QED) is 0.520. The first-order valence-corrected chi connectivity index (χ1v) is 4.99. The Morgan fingerprint density at radius 3 is 2.79 bits per heavy atom. The average Bonchev–Trinajstić information content (AvgIpc) is 2.73. The van der Waals surface area contributed by atoms with Gasteiger partial charge < -0.3 is 25.0 Å². The van der Waals surface area contributed by atoms with Gasteiger partial charge in [0.25, 0.3) is 0 Å². The number of hydrogen-bond acceptors (Lipinski definition) is 5. The highest BCUT2D eigenvalue weighted by Crippen LogP contribution is 2.17. The van der Waals surface area contributed by atoms with E-state index in [0.29, 0.717) is 39.4 Å². The van der Waals surface area contributed by atoms with Crippen LogP contribution < -0.4 is 5.32 Å². The average molecular weight is 203 g/mol. The fourth-order valence-electron chi connectivity index (χ4n) is 1.79. The van der Waals surface area contributed by atoms with E-state index in [1.54, 1.807) is 0 Å². The van der Waals surface area contributed by atoms with Gasteiger partial charge in [-0.05, 0) is 0 Å². The molecule has 2 saturated heterocycles. The molecule has 82 valence electrons. The van der Waals surface area contributed by atoms with Crippen molar-refractivity contribution in [1.29, 1.82) is 0 Å². The summed E-state index contributed by atoms with van der Waals surface area (Å²) in [5.74, 6) is 0. The molecule has 0 radical (unpaired) electrons. The highest BCUT2D eigenvalue weighted by atomic mass is 16.5. The molecule has 14 heavy (non-hydrogen) atoms. The largest absolute Gasteiger partial charge is 0.389 e. The number of rotatable bonds is 3. The lowest BCUT2D eigenvalue weighted by Gasteiger charge is -2.24. The Kier molecular flexibility index (Phi) is 3.04. The van der Waals surface area contributed by atoms with Crippen molar-refractivity contribution >= 4 is 0 Å². The second kappa shape index (κ2) is 4.12.